The third-order valence-corrected chi connectivity index (χ3v) is 4.24. The van der Waals surface area contributed by atoms with Gasteiger partial charge in [-0.05, 0) is 57.8 Å². The normalized spacial score (nSPS) is 18.1. The first-order valence-electron chi connectivity index (χ1n) is 7.41. The van der Waals surface area contributed by atoms with Gasteiger partial charge in [0.1, 0.15) is 0 Å². The van der Waals surface area contributed by atoms with Crippen molar-refractivity contribution in [3.63, 3.8) is 0 Å². The summed E-state index contributed by atoms with van der Waals surface area (Å²) in [5.41, 5.74) is 0.558. The zero-order valence-corrected chi connectivity index (χ0v) is 12.2. The van der Waals surface area contributed by atoms with Gasteiger partial charge in [0.05, 0.1) is 0 Å². The number of fused-ring (bicyclic) bond motifs is 1. The molecule has 1 aliphatic rings. The van der Waals surface area contributed by atoms with Crippen molar-refractivity contribution in [3.05, 3.63) is 24.2 Å². The molecule has 1 N–H and O–H groups in total. The quantitative estimate of drug-likeness (QED) is 0.931. The van der Waals surface area contributed by atoms with Crippen LogP contribution in [0.3, 0.4) is 0 Å². The summed E-state index contributed by atoms with van der Waals surface area (Å²) in [5, 5.41) is 14.2. The second kappa shape index (κ2) is 5.40. The standard InChI is InChI=1S/C15H22N4O/c1-11(2)18-8-5-12(6-9-18)10-14-16-15-13(20)4-3-7-19(15)17-14/h3-4,7,11-12,20H,5-6,8-10H2,1-2H3. The maximum absolute atomic E-state index is 9.76. The van der Waals surface area contributed by atoms with E-state index in [9.17, 15) is 5.11 Å². The number of nitrogens with zero attached hydrogens (tertiary/aromatic N) is 4. The van der Waals surface area contributed by atoms with Crippen LogP contribution in [0.15, 0.2) is 18.3 Å². The van der Waals surface area contributed by atoms with Crippen LogP contribution in [-0.4, -0.2) is 43.7 Å². The van der Waals surface area contributed by atoms with Gasteiger partial charge in [0, 0.05) is 18.7 Å². The first kappa shape index (κ1) is 13.4. The highest BCUT2D eigenvalue weighted by atomic mass is 16.3. The van der Waals surface area contributed by atoms with E-state index in [0.29, 0.717) is 17.6 Å². The van der Waals surface area contributed by atoms with Crippen LogP contribution < -0.4 is 0 Å². The largest absolute Gasteiger partial charge is 0.504 e. The SMILES string of the molecule is CC(C)N1CCC(Cc2nc3c(O)cccn3n2)CC1. The van der Waals surface area contributed by atoms with Crippen molar-refractivity contribution >= 4 is 5.65 Å². The number of piperidine rings is 1. The van der Waals surface area contributed by atoms with E-state index in [1.807, 2.05) is 6.20 Å². The molecule has 2 aromatic heterocycles. The van der Waals surface area contributed by atoms with Crippen molar-refractivity contribution in [3.8, 4) is 5.75 Å². The molecule has 3 rings (SSSR count). The van der Waals surface area contributed by atoms with E-state index in [0.717, 1.165) is 12.2 Å². The molecule has 108 valence electrons. The summed E-state index contributed by atoms with van der Waals surface area (Å²) < 4.78 is 1.66. The molecule has 0 amide bonds. The lowest BCUT2D eigenvalue weighted by atomic mass is 9.93. The van der Waals surface area contributed by atoms with Crippen molar-refractivity contribution in [2.75, 3.05) is 13.1 Å². The van der Waals surface area contributed by atoms with Gasteiger partial charge in [0.25, 0.3) is 0 Å². The van der Waals surface area contributed by atoms with Crippen LogP contribution in [-0.2, 0) is 6.42 Å². The maximum atomic E-state index is 9.76. The molecule has 0 aromatic carbocycles. The van der Waals surface area contributed by atoms with E-state index >= 15 is 0 Å². The second-order valence-corrected chi connectivity index (χ2v) is 5.97. The zero-order chi connectivity index (χ0) is 14.1. The second-order valence-electron chi connectivity index (χ2n) is 5.97. The molecule has 0 radical (unpaired) electrons. The molecular weight excluding hydrogens is 252 g/mol. The number of aromatic hydroxyl groups is 1. The van der Waals surface area contributed by atoms with Gasteiger partial charge < -0.3 is 10.0 Å². The molecule has 20 heavy (non-hydrogen) atoms. The molecule has 5 nitrogen and oxygen atoms in total. The third-order valence-electron chi connectivity index (χ3n) is 4.24. The summed E-state index contributed by atoms with van der Waals surface area (Å²) in [6.07, 6.45) is 5.15. The number of likely N-dealkylation sites (tertiary alicyclic amines) is 1. The Kier molecular flexibility index (Phi) is 3.61. The minimum atomic E-state index is 0.195. The fourth-order valence-electron chi connectivity index (χ4n) is 2.95. The van der Waals surface area contributed by atoms with Gasteiger partial charge in [-0.15, -0.1) is 0 Å². The van der Waals surface area contributed by atoms with Crippen molar-refractivity contribution < 1.29 is 5.11 Å². The number of rotatable bonds is 3. The van der Waals surface area contributed by atoms with E-state index in [2.05, 4.69) is 28.8 Å². The Labute approximate surface area is 119 Å². The summed E-state index contributed by atoms with van der Waals surface area (Å²) in [6, 6.07) is 4.07. The first-order chi connectivity index (χ1) is 9.63. The molecule has 1 aliphatic heterocycles. The first-order valence-corrected chi connectivity index (χ1v) is 7.41. The molecule has 0 unspecified atom stereocenters. The fourth-order valence-corrected chi connectivity index (χ4v) is 2.95. The number of hydrogen-bond acceptors (Lipinski definition) is 4. The molecule has 0 saturated carbocycles. The van der Waals surface area contributed by atoms with Crippen molar-refractivity contribution in [2.45, 2.75) is 39.2 Å². The number of pyridine rings is 1. The zero-order valence-electron chi connectivity index (χ0n) is 12.2. The lowest BCUT2D eigenvalue weighted by Gasteiger charge is -2.34. The lowest BCUT2D eigenvalue weighted by molar-refractivity contribution is 0.148. The summed E-state index contributed by atoms with van der Waals surface area (Å²) >= 11 is 0. The average molecular weight is 274 g/mol. The van der Waals surface area contributed by atoms with Gasteiger partial charge in [0.2, 0.25) is 0 Å². The van der Waals surface area contributed by atoms with Crippen molar-refractivity contribution in [2.24, 2.45) is 5.92 Å². The van der Waals surface area contributed by atoms with Crippen LogP contribution in [0.25, 0.3) is 5.65 Å². The minimum absolute atomic E-state index is 0.195. The topological polar surface area (TPSA) is 53.7 Å². The Balaban J connectivity index is 1.67. The Morgan fingerprint density at radius 3 is 2.75 bits per heavy atom. The van der Waals surface area contributed by atoms with Gasteiger partial charge in [-0.25, -0.2) is 9.50 Å². The molecule has 1 saturated heterocycles. The molecule has 5 heteroatoms. The molecule has 0 atom stereocenters. The Bertz CT molecular complexity index is 585. The van der Waals surface area contributed by atoms with Crippen LogP contribution in [0.5, 0.6) is 5.75 Å². The molecule has 0 spiro atoms. The fraction of sp³-hybridized carbons (Fsp3) is 0.600. The van der Waals surface area contributed by atoms with Gasteiger partial charge in [-0.3, -0.25) is 0 Å². The predicted molar refractivity (Wildman–Crippen MR) is 77.8 cm³/mol. The summed E-state index contributed by atoms with van der Waals surface area (Å²) in [5.74, 6) is 1.69. The van der Waals surface area contributed by atoms with Gasteiger partial charge in [-0.1, -0.05) is 0 Å². The molecule has 0 bridgehead atoms. The van der Waals surface area contributed by atoms with Crippen LogP contribution in [0.1, 0.15) is 32.5 Å². The van der Waals surface area contributed by atoms with Crippen LogP contribution in [0.4, 0.5) is 0 Å². The predicted octanol–water partition coefficient (Wildman–Crippen LogP) is 2.10. The van der Waals surface area contributed by atoms with Crippen LogP contribution in [0.2, 0.25) is 0 Å². The van der Waals surface area contributed by atoms with E-state index in [-0.39, 0.29) is 5.75 Å². The van der Waals surface area contributed by atoms with E-state index < -0.39 is 0 Å². The van der Waals surface area contributed by atoms with Gasteiger partial charge in [0.15, 0.2) is 17.2 Å². The third kappa shape index (κ3) is 2.63. The Morgan fingerprint density at radius 2 is 2.10 bits per heavy atom. The lowest BCUT2D eigenvalue weighted by Crippen LogP contribution is -2.38. The van der Waals surface area contributed by atoms with Crippen LogP contribution in [0, 0.1) is 5.92 Å². The number of hydrogen-bond donors (Lipinski definition) is 1. The molecule has 3 heterocycles. The summed E-state index contributed by atoms with van der Waals surface area (Å²) in [7, 11) is 0. The maximum Gasteiger partial charge on any atom is 0.197 e. The summed E-state index contributed by atoms with van der Waals surface area (Å²) in [6.45, 7) is 6.85. The monoisotopic (exact) mass is 274 g/mol. The van der Waals surface area contributed by atoms with E-state index in [1.165, 1.54) is 25.9 Å². The van der Waals surface area contributed by atoms with Crippen molar-refractivity contribution in [1.29, 1.82) is 0 Å². The molecule has 0 aliphatic carbocycles. The highest BCUT2D eigenvalue weighted by molar-refractivity contribution is 5.51. The highest BCUT2D eigenvalue weighted by Crippen LogP contribution is 2.23. The molecule has 1 fully saturated rings. The smallest absolute Gasteiger partial charge is 0.197 e. The molecular formula is C15H22N4O. The van der Waals surface area contributed by atoms with E-state index in [4.69, 9.17) is 0 Å². The van der Waals surface area contributed by atoms with E-state index in [1.54, 1.807) is 16.6 Å². The van der Waals surface area contributed by atoms with Gasteiger partial charge >= 0.3 is 0 Å². The van der Waals surface area contributed by atoms with Gasteiger partial charge in [-0.2, -0.15) is 5.10 Å². The highest BCUT2D eigenvalue weighted by Gasteiger charge is 2.22. The minimum Gasteiger partial charge on any atom is -0.504 e. The Morgan fingerprint density at radius 1 is 1.35 bits per heavy atom. The van der Waals surface area contributed by atoms with Crippen molar-refractivity contribution in [1.82, 2.24) is 19.5 Å². The number of aromatic nitrogens is 3. The Hall–Kier alpha value is -1.62. The molecule has 2 aromatic rings. The average Bonchev–Trinajstić information content (AvgIpc) is 2.83. The summed E-state index contributed by atoms with van der Waals surface area (Å²) in [4.78, 5) is 6.98. The van der Waals surface area contributed by atoms with Crippen LogP contribution >= 0.6 is 0 Å².